The van der Waals surface area contributed by atoms with Gasteiger partial charge in [-0.1, -0.05) is 6.92 Å². The summed E-state index contributed by atoms with van der Waals surface area (Å²) in [5.41, 5.74) is 0. The number of nitrogens with one attached hydrogen (secondary N) is 1. The third kappa shape index (κ3) is 3.85. The van der Waals surface area contributed by atoms with Crippen molar-refractivity contribution in [3.05, 3.63) is 0 Å². The van der Waals surface area contributed by atoms with Crippen LogP contribution in [-0.2, 0) is 4.79 Å². The number of rotatable bonds is 3. The van der Waals surface area contributed by atoms with Crippen LogP contribution in [0.3, 0.4) is 0 Å². The Morgan fingerprint density at radius 1 is 1.35 bits per heavy atom. The maximum absolute atomic E-state index is 13.1. The molecule has 2 saturated heterocycles. The molecule has 0 aliphatic carbocycles. The highest BCUT2D eigenvalue weighted by atomic mass is 19.4. The van der Waals surface area contributed by atoms with E-state index in [0.717, 1.165) is 26.1 Å². The highest BCUT2D eigenvalue weighted by Gasteiger charge is 2.45. The Morgan fingerprint density at radius 2 is 2.10 bits per heavy atom. The van der Waals surface area contributed by atoms with Gasteiger partial charge in [0.2, 0.25) is 5.91 Å². The van der Waals surface area contributed by atoms with Crippen LogP contribution >= 0.6 is 0 Å². The summed E-state index contributed by atoms with van der Waals surface area (Å²) in [5.74, 6) is -0.0173. The predicted octanol–water partition coefficient (Wildman–Crippen LogP) is 1.08. The van der Waals surface area contributed by atoms with Crippen LogP contribution in [0.4, 0.5) is 13.2 Å². The number of alkyl halides is 3. The van der Waals surface area contributed by atoms with E-state index in [0.29, 0.717) is 6.54 Å². The van der Waals surface area contributed by atoms with E-state index in [9.17, 15) is 18.0 Å². The number of likely N-dealkylation sites (tertiary alicyclic amines) is 1. The van der Waals surface area contributed by atoms with Gasteiger partial charge in [0.05, 0.1) is 0 Å². The van der Waals surface area contributed by atoms with E-state index in [1.807, 2.05) is 0 Å². The minimum atomic E-state index is -4.29. The minimum absolute atomic E-state index is 0.150. The van der Waals surface area contributed by atoms with E-state index in [-0.39, 0.29) is 31.3 Å². The Balaban J connectivity index is 2.00. The van der Waals surface area contributed by atoms with Crippen molar-refractivity contribution >= 4 is 5.91 Å². The van der Waals surface area contributed by atoms with Crippen LogP contribution in [0.15, 0.2) is 0 Å². The summed E-state index contributed by atoms with van der Waals surface area (Å²) in [6.07, 6.45) is -3.20. The summed E-state index contributed by atoms with van der Waals surface area (Å²) >= 11 is 0. The number of carbonyl (C=O) groups is 1. The normalized spacial score (nSPS) is 30.3. The molecule has 2 rings (SSSR count). The van der Waals surface area contributed by atoms with Crippen LogP contribution in [0.25, 0.3) is 0 Å². The molecule has 0 radical (unpaired) electrons. The van der Waals surface area contributed by atoms with E-state index < -0.39 is 12.2 Å². The van der Waals surface area contributed by atoms with Gasteiger partial charge in [0.25, 0.3) is 0 Å². The Labute approximate surface area is 117 Å². The summed E-state index contributed by atoms with van der Waals surface area (Å²) in [4.78, 5) is 15.0. The molecule has 20 heavy (non-hydrogen) atoms. The molecule has 2 aliphatic heterocycles. The van der Waals surface area contributed by atoms with Gasteiger partial charge in [0, 0.05) is 32.6 Å². The number of nitrogens with zero attached hydrogens (tertiary/aromatic N) is 2. The van der Waals surface area contributed by atoms with Crippen molar-refractivity contribution in [2.45, 2.75) is 32.0 Å². The summed E-state index contributed by atoms with van der Waals surface area (Å²) in [6.45, 7) is 5.12. The quantitative estimate of drug-likeness (QED) is 0.846. The lowest BCUT2D eigenvalue weighted by Crippen LogP contribution is -2.51. The fourth-order valence-electron chi connectivity index (χ4n) is 3.05. The Hall–Kier alpha value is -0.820. The molecule has 2 unspecified atom stereocenters. The standard InChI is InChI=1S/C13H22F3N3O/c1-2-18-5-3-10(8-18)9-19-6-4-12(20)17-7-11(19)13(14,15)16/h10-11H,2-9H2,1H3,(H,17,20). The Bertz CT molecular complexity index is 348. The van der Waals surface area contributed by atoms with Gasteiger partial charge < -0.3 is 10.2 Å². The van der Waals surface area contributed by atoms with Gasteiger partial charge in [-0.25, -0.2) is 0 Å². The topological polar surface area (TPSA) is 35.6 Å². The molecule has 0 spiro atoms. The van der Waals surface area contributed by atoms with Gasteiger partial charge in [-0.05, 0) is 25.4 Å². The van der Waals surface area contributed by atoms with Gasteiger partial charge in [-0.2, -0.15) is 13.2 Å². The molecule has 2 aliphatic rings. The molecule has 0 aromatic carbocycles. The zero-order valence-corrected chi connectivity index (χ0v) is 11.7. The molecule has 1 N–H and O–H groups in total. The maximum Gasteiger partial charge on any atom is 0.405 e. The molecule has 0 saturated carbocycles. The lowest BCUT2D eigenvalue weighted by molar-refractivity contribution is -0.182. The van der Waals surface area contributed by atoms with Crippen LogP contribution in [0.5, 0.6) is 0 Å². The number of halogens is 3. The van der Waals surface area contributed by atoms with Crippen LogP contribution in [-0.4, -0.2) is 67.2 Å². The minimum Gasteiger partial charge on any atom is -0.354 e. The largest absolute Gasteiger partial charge is 0.405 e. The Kier molecular flexibility index (Phi) is 4.90. The highest BCUT2D eigenvalue weighted by Crippen LogP contribution is 2.28. The van der Waals surface area contributed by atoms with Gasteiger partial charge in [0.1, 0.15) is 6.04 Å². The molecule has 1 amide bonds. The molecular formula is C13H22F3N3O. The van der Waals surface area contributed by atoms with Crippen molar-refractivity contribution in [2.24, 2.45) is 5.92 Å². The van der Waals surface area contributed by atoms with Crippen molar-refractivity contribution in [2.75, 3.05) is 39.3 Å². The summed E-state index contributed by atoms with van der Waals surface area (Å²) < 4.78 is 39.3. The first kappa shape index (κ1) is 15.6. The van der Waals surface area contributed by atoms with Crippen molar-refractivity contribution < 1.29 is 18.0 Å². The molecule has 0 aromatic heterocycles. The summed E-state index contributed by atoms with van der Waals surface area (Å²) in [6, 6.07) is -1.55. The number of hydrogen-bond acceptors (Lipinski definition) is 3. The van der Waals surface area contributed by atoms with Crippen molar-refractivity contribution in [1.29, 1.82) is 0 Å². The first-order valence-electron chi connectivity index (χ1n) is 7.20. The monoisotopic (exact) mass is 293 g/mol. The molecule has 2 heterocycles. The van der Waals surface area contributed by atoms with E-state index in [4.69, 9.17) is 0 Å². The van der Waals surface area contributed by atoms with Gasteiger partial charge >= 0.3 is 6.18 Å². The van der Waals surface area contributed by atoms with Gasteiger partial charge in [-0.3, -0.25) is 9.69 Å². The predicted molar refractivity (Wildman–Crippen MR) is 69.3 cm³/mol. The van der Waals surface area contributed by atoms with Crippen LogP contribution in [0.1, 0.15) is 19.8 Å². The fourth-order valence-corrected chi connectivity index (χ4v) is 3.05. The number of amides is 1. The highest BCUT2D eigenvalue weighted by molar-refractivity contribution is 5.76. The van der Waals surface area contributed by atoms with E-state index >= 15 is 0 Å². The van der Waals surface area contributed by atoms with Crippen molar-refractivity contribution in [3.8, 4) is 0 Å². The second kappa shape index (κ2) is 6.30. The first-order chi connectivity index (χ1) is 9.40. The molecule has 7 heteroatoms. The lowest BCUT2D eigenvalue weighted by atomic mass is 10.1. The number of hydrogen-bond donors (Lipinski definition) is 1. The summed E-state index contributed by atoms with van der Waals surface area (Å²) in [5, 5.41) is 2.36. The Morgan fingerprint density at radius 3 is 2.70 bits per heavy atom. The smallest absolute Gasteiger partial charge is 0.354 e. The molecule has 2 fully saturated rings. The lowest BCUT2D eigenvalue weighted by Gasteiger charge is -2.32. The van der Waals surface area contributed by atoms with Crippen LogP contribution < -0.4 is 5.32 Å². The SMILES string of the molecule is CCN1CCC(CN2CCC(=O)NCC2C(F)(F)F)C1. The number of carbonyl (C=O) groups excluding carboxylic acids is 1. The molecule has 0 aromatic rings. The average molecular weight is 293 g/mol. The van der Waals surface area contributed by atoms with E-state index in [2.05, 4.69) is 17.1 Å². The van der Waals surface area contributed by atoms with Gasteiger partial charge in [-0.15, -0.1) is 0 Å². The molecule has 4 nitrogen and oxygen atoms in total. The third-order valence-corrected chi connectivity index (χ3v) is 4.25. The van der Waals surface area contributed by atoms with Crippen molar-refractivity contribution in [3.63, 3.8) is 0 Å². The zero-order valence-electron chi connectivity index (χ0n) is 11.7. The zero-order chi connectivity index (χ0) is 14.8. The van der Waals surface area contributed by atoms with Crippen LogP contribution in [0.2, 0.25) is 0 Å². The maximum atomic E-state index is 13.1. The third-order valence-electron chi connectivity index (χ3n) is 4.25. The molecule has 116 valence electrons. The first-order valence-corrected chi connectivity index (χ1v) is 7.20. The second-order valence-corrected chi connectivity index (χ2v) is 5.65. The molecular weight excluding hydrogens is 271 g/mol. The average Bonchev–Trinajstić information content (AvgIpc) is 2.73. The molecule has 0 bridgehead atoms. The van der Waals surface area contributed by atoms with E-state index in [1.54, 1.807) is 0 Å². The van der Waals surface area contributed by atoms with E-state index in [1.165, 1.54) is 4.90 Å². The summed E-state index contributed by atoms with van der Waals surface area (Å²) in [7, 11) is 0. The fraction of sp³-hybridized carbons (Fsp3) is 0.923. The second-order valence-electron chi connectivity index (χ2n) is 5.65. The van der Waals surface area contributed by atoms with Crippen LogP contribution in [0, 0.1) is 5.92 Å². The van der Waals surface area contributed by atoms with Gasteiger partial charge in [0.15, 0.2) is 0 Å². The molecule has 2 atom stereocenters. The van der Waals surface area contributed by atoms with Crippen molar-refractivity contribution in [1.82, 2.24) is 15.1 Å².